The average molecular weight is 268 g/mol. The molecule has 0 bridgehead atoms. The van der Waals surface area contributed by atoms with Gasteiger partial charge < -0.3 is 10.2 Å². The van der Waals surface area contributed by atoms with Gasteiger partial charge in [-0.2, -0.15) is 0 Å². The number of benzene rings is 1. The maximum absolute atomic E-state index is 11.7. The number of aliphatic hydroxyl groups is 2. The monoisotopic (exact) mass is 268 g/mol. The van der Waals surface area contributed by atoms with Crippen molar-refractivity contribution in [3.63, 3.8) is 0 Å². The van der Waals surface area contributed by atoms with Gasteiger partial charge in [0.15, 0.2) is 11.3 Å². The number of hydrogen-bond acceptors (Lipinski definition) is 5. The number of aliphatic hydroxyl groups excluding tert-OH is 1. The van der Waals surface area contributed by atoms with E-state index in [-0.39, 0.29) is 10.6 Å². The van der Waals surface area contributed by atoms with Crippen molar-refractivity contribution in [1.29, 1.82) is 0 Å². The molecule has 0 spiro atoms. The van der Waals surface area contributed by atoms with Gasteiger partial charge >= 0.3 is 0 Å². The summed E-state index contributed by atoms with van der Waals surface area (Å²) in [7, 11) is -2.46. The second kappa shape index (κ2) is 4.62. The fourth-order valence-electron chi connectivity index (χ4n) is 1.63. The molecule has 0 saturated carbocycles. The lowest BCUT2D eigenvalue weighted by Crippen LogP contribution is -2.20. The summed E-state index contributed by atoms with van der Waals surface area (Å²) in [5.74, 6) is 0. The summed E-state index contributed by atoms with van der Waals surface area (Å²) in [6.07, 6.45) is -1.76. The summed E-state index contributed by atoms with van der Waals surface area (Å²) in [5.41, 5.74) is 0.492. The van der Waals surface area contributed by atoms with Gasteiger partial charge in [0, 0.05) is 10.9 Å². The number of pyridine rings is 1. The Morgan fingerprint density at radius 2 is 1.94 bits per heavy atom. The maximum Gasteiger partial charge on any atom is 0.257 e. The highest BCUT2D eigenvalue weighted by atomic mass is 32.2. The molecule has 2 rings (SSSR count). The maximum atomic E-state index is 11.7. The molecule has 7 heteroatoms. The van der Waals surface area contributed by atoms with Crippen molar-refractivity contribution in [2.24, 2.45) is 0 Å². The van der Waals surface area contributed by atoms with Crippen molar-refractivity contribution in [2.45, 2.75) is 11.3 Å². The topological polar surface area (TPSA) is 99.5 Å². The Balaban J connectivity index is 2.81. The number of fused-ring (bicyclic) bond motifs is 1. The van der Waals surface area contributed by atoms with Gasteiger partial charge in [-0.3, -0.25) is 0 Å². The van der Waals surface area contributed by atoms with Gasteiger partial charge in [0.1, 0.15) is 0 Å². The van der Waals surface area contributed by atoms with Crippen LogP contribution in [0.15, 0.2) is 35.4 Å². The summed E-state index contributed by atoms with van der Waals surface area (Å²) < 4.78 is 25.5. The summed E-state index contributed by atoms with van der Waals surface area (Å²) in [4.78, 5) is 3.99. The second-order valence-corrected chi connectivity index (χ2v) is 5.48. The molecule has 0 fully saturated rings. The van der Waals surface area contributed by atoms with E-state index in [4.69, 9.17) is 0 Å². The van der Waals surface area contributed by atoms with E-state index < -0.39 is 16.3 Å². The first-order valence-corrected chi connectivity index (χ1v) is 6.63. The van der Waals surface area contributed by atoms with Crippen LogP contribution in [0.3, 0.4) is 0 Å². The van der Waals surface area contributed by atoms with Crippen molar-refractivity contribution in [3.05, 3.63) is 35.9 Å². The minimum atomic E-state index is -3.73. The number of rotatable bonds is 3. The fraction of sp³-hybridized carbons (Fsp3) is 0.182. The van der Waals surface area contributed by atoms with Gasteiger partial charge in [-0.05, 0) is 19.2 Å². The lowest BCUT2D eigenvalue weighted by Gasteiger charge is -2.10. The molecule has 96 valence electrons. The van der Waals surface area contributed by atoms with Crippen molar-refractivity contribution >= 4 is 20.9 Å². The normalized spacial score (nSPS) is 12.2. The highest BCUT2D eigenvalue weighted by molar-refractivity contribution is 7.89. The van der Waals surface area contributed by atoms with Crippen LogP contribution >= 0.6 is 0 Å². The van der Waals surface area contributed by atoms with E-state index >= 15 is 0 Å². The minimum absolute atomic E-state index is 0.106. The Kier molecular flexibility index (Phi) is 3.31. The number of nitrogens with one attached hydrogen (secondary N) is 1. The van der Waals surface area contributed by atoms with E-state index in [2.05, 4.69) is 9.71 Å². The number of aromatic nitrogens is 1. The molecule has 1 heterocycles. The molecule has 2 aromatic rings. The largest absolute Gasteiger partial charge is 0.364 e. The molecule has 0 atom stereocenters. The van der Waals surface area contributed by atoms with Crippen LogP contribution in [0.4, 0.5) is 0 Å². The number of hydrogen-bond donors (Lipinski definition) is 3. The molecule has 0 radical (unpaired) electrons. The quantitative estimate of drug-likeness (QED) is 0.687. The van der Waals surface area contributed by atoms with Gasteiger partial charge in [-0.15, -0.1) is 0 Å². The summed E-state index contributed by atoms with van der Waals surface area (Å²) in [5, 5.41) is 18.9. The zero-order chi connectivity index (χ0) is 13.3. The van der Waals surface area contributed by atoms with E-state index in [0.29, 0.717) is 10.9 Å². The Morgan fingerprint density at radius 1 is 1.28 bits per heavy atom. The van der Waals surface area contributed by atoms with Crippen LogP contribution in [0.25, 0.3) is 10.9 Å². The first kappa shape index (κ1) is 12.9. The van der Waals surface area contributed by atoms with Crippen molar-refractivity contribution < 1.29 is 18.6 Å². The minimum Gasteiger partial charge on any atom is -0.364 e. The van der Waals surface area contributed by atoms with Gasteiger partial charge in [-0.1, -0.05) is 18.2 Å². The molecule has 0 unspecified atom stereocenters. The molecule has 1 aromatic heterocycles. The van der Waals surface area contributed by atoms with Crippen LogP contribution in [0, 0.1) is 0 Å². The van der Waals surface area contributed by atoms with Crippen LogP contribution in [0.1, 0.15) is 11.9 Å². The zero-order valence-electron chi connectivity index (χ0n) is 9.53. The first-order chi connectivity index (χ1) is 8.45. The van der Waals surface area contributed by atoms with Gasteiger partial charge in [0.05, 0.1) is 5.52 Å². The van der Waals surface area contributed by atoms with Crippen LogP contribution in [0.5, 0.6) is 0 Å². The van der Waals surface area contributed by atoms with Crippen LogP contribution < -0.4 is 4.72 Å². The lowest BCUT2D eigenvalue weighted by atomic mass is 10.1. The zero-order valence-corrected chi connectivity index (χ0v) is 10.3. The molecule has 0 saturated heterocycles. The Hall–Kier alpha value is -1.54. The molecule has 0 aliphatic carbocycles. The third-order valence-electron chi connectivity index (χ3n) is 2.55. The van der Waals surface area contributed by atoms with E-state index in [0.717, 1.165) is 6.07 Å². The molecule has 0 aliphatic rings. The van der Waals surface area contributed by atoms with Gasteiger partial charge in [0.2, 0.25) is 0 Å². The molecule has 0 amide bonds. The molecule has 1 aromatic carbocycles. The van der Waals surface area contributed by atoms with Crippen molar-refractivity contribution in [1.82, 2.24) is 9.71 Å². The molecule has 18 heavy (non-hydrogen) atoms. The third kappa shape index (κ3) is 2.21. The predicted molar refractivity (Wildman–Crippen MR) is 65.2 cm³/mol. The summed E-state index contributed by atoms with van der Waals surface area (Å²) in [6.45, 7) is 0. The van der Waals surface area contributed by atoms with E-state index in [1.807, 2.05) is 0 Å². The average Bonchev–Trinajstić information content (AvgIpc) is 2.37. The molecule has 0 aliphatic heterocycles. The van der Waals surface area contributed by atoms with Crippen molar-refractivity contribution in [3.8, 4) is 0 Å². The SMILES string of the molecule is CNS(=O)(=O)c1cc(C(O)O)c2ccccc2n1. The summed E-state index contributed by atoms with van der Waals surface area (Å²) in [6, 6.07) is 7.81. The number of nitrogens with zero attached hydrogens (tertiary/aromatic N) is 1. The fourth-order valence-corrected chi connectivity index (χ4v) is 2.34. The van der Waals surface area contributed by atoms with Crippen LogP contribution in [-0.2, 0) is 10.0 Å². The smallest absolute Gasteiger partial charge is 0.257 e. The molecular weight excluding hydrogens is 256 g/mol. The van der Waals surface area contributed by atoms with E-state index in [9.17, 15) is 18.6 Å². The predicted octanol–water partition coefficient (Wildman–Crippen LogP) is 0.126. The number of sulfonamides is 1. The van der Waals surface area contributed by atoms with E-state index in [1.54, 1.807) is 24.3 Å². The van der Waals surface area contributed by atoms with Gasteiger partial charge in [0.25, 0.3) is 10.0 Å². The van der Waals surface area contributed by atoms with Gasteiger partial charge in [-0.25, -0.2) is 18.1 Å². The summed E-state index contributed by atoms with van der Waals surface area (Å²) >= 11 is 0. The van der Waals surface area contributed by atoms with Crippen LogP contribution in [-0.4, -0.2) is 30.7 Å². The Bertz CT molecular complexity index is 683. The second-order valence-electron chi connectivity index (χ2n) is 3.65. The first-order valence-electron chi connectivity index (χ1n) is 5.15. The van der Waals surface area contributed by atoms with Crippen LogP contribution in [0.2, 0.25) is 0 Å². The highest BCUT2D eigenvalue weighted by Crippen LogP contribution is 2.24. The highest BCUT2D eigenvalue weighted by Gasteiger charge is 2.18. The Morgan fingerprint density at radius 3 is 2.56 bits per heavy atom. The lowest BCUT2D eigenvalue weighted by molar-refractivity contribution is -0.0415. The van der Waals surface area contributed by atoms with E-state index in [1.165, 1.54) is 7.05 Å². The standard InChI is InChI=1S/C11H12N2O4S/c1-12-18(16,17)10-6-8(11(14)15)7-4-2-3-5-9(7)13-10/h2-6,11-12,14-15H,1H3. The number of para-hydroxylation sites is 1. The Labute approximate surface area is 104 Å². The molecular formula is C11H12N2O4S. The third-order valence-corrected chi connectivity index (χ3v) is 3.84. The van der Waals surface area contributed by atoms with Crippen molar-refractivity contribution in [2.75, 3.05) is 7.05 Å². The molecule has 6 nitrogen and oxygen atoms in total. The molecule has 3 N–H and O–H groups in total.